The topological polar surface area (TPSA) is 50.5 Å². The van der Waals surface area contributed by atoms with Gasteiger partial charge in [-0.25, -0.2) is 4.79 Å². The van der Waals surface area contributed by atoms with Crippen molar-refractivity contribution >= 4 is 22.4 Å². The maximum absolute atomic E-state index is 11.4. The molecule has 0 unspecified atom stereocenters. The maximum Gasteiger partial charge on any atom is 0.338 e. The van der Waals surface area contributed by atoms with Crippen LogP contribution in [0, 0.1) is 0 Å². The number of para-hydroxylation sites is 1. The van der Waals surface area contributed by atoms with Crippen molar-refractivity contribution in [1.82, 2.24) is 0 Å². The van der Waals surface area contributed by atoms with Gasteiger partial charge >= 0.3 is 5.63 Å². The Balaban J connectivity index is 2.59. The number of benzene rings is 1. The summed E-state index contributed by atoms with van der Waals surface area (Å²) in [6.07, 6.45) is 0. The predicted molar refractivity (Wildman–Crippen MR) is 66.4 cm³/mol. The molecule has 1 aromatic heterocycles. The summed E-state index contributed by atoms with van der Waals surface area (Å²) >= 11 is 0. The van der Waals surface area contributed by atoms with E-state index in [1.807, 2.05) is 12.1 Å². The van der Waals surface area contributed by atoms with Gasteiger partial charge in [0.2, 0.25) is 0 Å². The molecule has 4 nitrogen and oxygen atoms in total. The quantitative estimate of drug-likeness (QED) is 0.756. The Morgan fingerprint density at radius 1 is 1.35 bits per heavy atom. The highest BCUT2D eigenvalue weighted by atomic mass is 16.4. The highest BCUT2D eigenvalue weighted by Crippen LogP contribution is 2.23. The molecule has 0 aliphatic rings. The number of carbonyl (C=O) groups is 1. The van der Waals surface area contributed by atoms with Crippen LogP contribution < -0.4 is 10.5 Å². The molecule has 0 saturated heterocycles. The van der Waals surface area contributed by atoms with Crippen molar-refractivity contribution < 1.29 is 9.21 Å². The Hall–Kier alpha value is -2.10. The monoisotopic (exact) mass is 231 g/mol. The summed E-state index contributed by atoms with van der Waals surface area (Å²) < 4.78 is 5.09. The number of hydrogen-bond donors (Lipinski definition) is 0. The molecule has 0 amide bonds. The molecule has 0 aliphatic heterocycles. The minimum atomic E-state index is -0.408. The Morgan fingerprint density at radius 3 is 2.76 bits per heavy atom. The lowest BCUT2D eigenvalue weighted by atomic mass is 10.2. The lowest BCUT2D eigenvalue weighted by molar-refractivity contribution is -0.115. The molecule has 1 heterocycles. The average Bonchev–Trinajstić information content (AvgIpc) is 2.26. The van der Waals surface area contributed by atoms with Gasteiger partial charge in [0.1, 0.15) is 11.4 Å². The first-order valence-corrected chi connectivity index (χ1v) is 5.31. The summed E-state index contributed by atoms with van der Waals surface area (Å²) in [7, 11) is 1.78. The number of likely N-dealkylation sites (N-methyl/N-ethyl adjacent to an activating group) is 1. The van der Waals surface area contributed by atoms with Crippen LogP contribution in [0.3, 0.4) is 0 Å². The smallest absolute Gasteiger partial charge is 0.338 e. The molecule has 17 heavy (non-hydrogen) atoms. The van der Waals surface area contributed by atoms with Gasteiger partial charge in [0.15, 0.2) is 0 Å². The number of fused-ring (bicyclic) bond motifs is 1. The molecule has 0 atom stereocenters. The Bertz CT molecular complexity index is 615. The lowest BCUT2D eigenvalue weighted by Crippen LogP contribution is -2.24. The standard InChI is InChI=1S/C13H13NO3/c1-9(15)8-14(2)11-7-13(16)17-12-6-4-3-5-10(11)12/h3-7H,8H2,1-2H3. The summed E-state index contributed by atoms with van der Waals surface area (Å²) in [5.74, 6) is 0.0461. The van der Waals surface area contributed by atoms with Crippen LogP contribution in [0.1, 0.15) is 6.92 Å². The van der Waals surface area contributed by atoms with Crippen molar-refractivity contribution in [2.75, 3.05) is 18.5 Å². The van der Waals surface area contributed by atoms with E-state index in [2.05, 4.69) is 0 Å². The molecule has 4 heteroatoms. The van der Waals surface area contributed by atoms with Crippen molar-refractivity contribution in [3.63, 3.8) is 0 Å². The van der Waals surface area contributed by atoms with Crippen LogP contribution in [-0.2, 0) is 4.79 Å². The maximum atomic E-state index is 11.4. The molecule has 0 aliphatic carbocycles. The molecule has 0 bridgehead atoms. The first-order chi connectivity index (χ1) is 8.08. The highest BCUT2D eigenvalue weighted by molar-refractivity contribution is 5.92. The minimum absolute atomic E-state index is 0.0461. The summed E-state index contributed by atoms with van der Waals surface area (Å²) in [5.41, 5.74) is 0.839. The second-order valence-corrected chi connectivity index (χ2v) is 4.00. The van der Waals surface area contributed by atoms with Crippen LogP contribution in [0.25, 0.3) is 11.0 Å². The second-order valence-electron chi connectivity index (χ2n) is 4.00. The fourth-order valence-corrected chi connectivity index (χ4v) is 1.83. The van der Waals surface area contributed by atoms with Crippen LogP contribution in [0.2, 0.25) is 0 Å². The van der Waals surface area contributed by atoms with Crippen LogP contribution >= 0.6 is 0 Å². The van der Waals surface area contributed by atoms with E-state index < -0.39 is 5.63 Å². The van der Waals surface area contributed by atoms with E-state index in [9.17, 15) is 9.59 Å². The van der Waals surface area contributed by atoms with E-state index in [4.69, 9.17) is 4.42 Å². The molecule has 0 radical (unpaired) electrons. The molecule has 0 spiro atoms. The van der Waals surface area contributed by atoms with Crippen molar-refractivity contribution in [2.45, 2.75) is 6.92 Å². The summed E-state index contributed by atoms with van der Waals surface area (Å²) in [6, 6.07) is 8.69. The summed E-state index contributed by atoms with van der Waals surface area (Å²) in [5, 5.41) is 0.829. The molecule has 0 saturated carbocycles. The van der Waals surface area contributed by atoms with E-state index >= 15 is 0 Å². The zero-order chi connectivity index (χ0) is 12.4. The minimum Gasteiger partial charge on any atom is -0.423 e. The molecular weight excluding hydrogens is 218 g/mol. The van der Waals surface area contributed by atoms with E-state index in [-0.39, 0.29) is 12.3 Å². The molecular formula is C13H13NO3. The third-order valence-electron chi connectivity index (χ3n) is 2.50. The van der Waals surface area contributed by atoms with E-state index in [1.54, 1.807) is 24.1 Å². The Morgan fingerprint density at radius 2 is 2.06 bits per heavy atom. The first-order valence-electron chi connectivity index (χ1n) is 5.31. The van der Waals surface area contributed by atoms with Crippen molar-refractivity contribution in [3.05, 3.63) is 40.8 Å². The SMILES string of the molecule is CC(=O)CN(C)c1cc(=O)oc2ccccc12. The largest absolute Gasteiger partial charge is 0.423 e. The van der Waals surface area contributed by atoms with E-state index in [0.717, 1.165) is 5.39 Å². The van der Waals surface area contributed by atoms with Crippen molar-refractivity contribution in [1.29, 1.82) is 0 Å². The summed E-state index contributed by atoms with van der Waals surface area (Å²) in [6.45, 7) is 1.79. The van der Waals surface area contributed by atoms with Gasteiger partial charge in [0.05, 0.1) is 12.2 Å². The van der Waals surface area contributed by atoms with E-state index in [0.29, 0.717) is 11.3 Å². The molecule has 2 aromatic rings. The van der Waals surface area contributed by atoms with Gasteiger partial charge in [0, 0.05) is 18.5 Å². The number of hydrogen-bond acceptors (Lipinski definition) is 4. The van der Waals surface area contributed by atoms with Gasteiger partial charge in [-0.15, -0.1) is 0 Å². The highest BCUT2D eigenvalue weighted by Gasteiger charge is 2.10. The molecule has 1 aromatic carbocycles. The van der Waals surface area contributed by atoms with Crippen LogP contribution in [0.15, 0.2) is 39.5 Å². The summed E-state index contributed by atoms with van der Waals surface area (Å²) in [4.78, 5) is 24.3. The first kappa shape index (κ1) is 11.4. The number of nitrogens with zero attached hydrogens (tertiary/aromatic N) is 1. The van der Waals surface area contributed by atoms with Crippen LogP contribution in [0.5, 0.6) is 0 Å². The molecule has 88 valence electrons. The zero-order valence-corrected chi connectivity index (χ0v) is 9.77. The van der Waals surface area contributed by atoms with Gasteiger partial charge < -0.3 is 9.32 Å². The number of ketones is 1. The van der Waals surface area contributed by atoms with Gasteiger partial charge in [-0.2, -0.15) is 0 Å². The number of Topliss-reactive ketones (excluding diaryl/α,β-unsaturated/α-hetero) is 1. The zero-order valence-electron chi connectivity index (χ0n) is 9.77. The van der Waals surface area contributed by atoms with Gasteiger partial charge in [0.25, 0.3) is 0 Å². The average molecular weight is 231 g/mol. The molecule has 0 N–H and O–H groups in total. The van der Waals surface area contributed by atoms with Gasteiger partial charge in [-0.1, -0.05) is 12.1 Å². The Kier molecular flexibility index (Phi) is 2.95. The van der Waals surface area contributed by atoms with Crippen molar-refractivity contribution in [2.24, 2.45) is 0 Å². The third kappa shape index (κ3) is 2.36. The third-order valence-corrected chi connectivity index (χ3v) is 2.50. The predicted octanol–water partition coefficient (Wildman–Crippen LogP) is 1.82. The number of carbonyl (C=O) groups excluding carboxylic acids is 1. The molecule has 2 rings (SSSR count). The fraction of sp³-hybridized carbons (Fsp3) is 0.231. The van der Waals surface area contributed by atoms with Gasteiger partial charge in [-0.3, -0.25) is 4.79 Å². The Labute approximate surface area is 98.5 Å². The normalized spacial score (nSPS) is 10.5. The fourth-order valence-electron chi connectivity index (χ4n) is 1.83. The van der Waals surface area contributed by atoms with Crippen LogP contribution in [0.4, 0.5) is 5.69 Å². The van der Waals surface area contributed by atoms with Crippen molar-refractivity contribution in [3.8, 4) is 0 Å². The number of anilines is 1. The second kappa shape index (κ2) is 4.41. The van der Waals surface area contributed by atoms with Gasteiger partial charge in [-0.05, 0) is 19.1 Å². The molecule has 0 fully saturated rings. The lowest BCUT2D eigenvalue weighted by Gasteiger charge is -2.18. The van der Waals surface area contributed by atoms with Crippen LogP contribution in [-0.4, -0.2) is 19.4 Å². The van der Waals surface area contributed by atoms with E-state index in [1.165, 1.54) is 13.0 Å². The number of rotatable bonds is 3.